The molecule has 0 N–H and O–H groups in total. The van der Waals surface area contributed by atoms with Gasteiger partial charge in [0.05, 0.1) is 10.0 Å². The van der Waals surface area contributed by atoms with Crippen LogP contribution in [0.2, 0.25) is 10.0 Å². The van der Waals surface area contributed by atoms with Crippen LogP contribution >= 0.6 is 39.1 Å². The number of hydrogen-bond donors (Lipinski definition) is 0. The fourth-order valence-corrected chi connectivity index (χ4v) is 2.69. The maximum absolute atomic E-state index is 11.3. The first-order valence-electron chi connectivity index (χ1n) is 5.85. The molecule has 0 aliphatic heterocycles. The third-order valence-electron chi connectivity index (χ3n) is 2.83. The highest BCUT2D eigenvalue weighted by Gasteiger charge is 2.15. The molecule has 3 aromatic rings. The predicted molar refractivity (Wildman–Crippen MR) is 84.8 cm³/mol. The lowest BCUT2D eigenvalue weighted by Crippen LogP contribution is -1.93. The molecule has 2 aromatic heterocycles. The third kappa shape index (κ3) is 2.64. The number of halogens is 3. The molecule has 7 heteroatoms. The maximum Gasteiger partial charge on any atom is 0.249 e. The van der Waals surface area contributed by atoms with Crippen LogP contribution in [-0.2, 0) is 0 Å². The molecule has 0 fully saturated rings. The molecule has 0 aliphatic carbocycles. The second-order valence-electron chi connectivity index (χ2n) is 4.15. The van der Waals surface area contributed by atoms with E-state index in [2.05, 4.69) is 20.9 Å². The Morgan fingerprint density at radius 3 is 2.81 bits per heavy atom. The first kappa shape index (κ1) is 14.4. The van der Waals surface area contributed by atoms with Crippen molar-refractivity contribution in [3.63, 3.8) is 0 Å². The van der Waals surface area contributed by atoms with Crippen LogP contribution in [0.25, 0.3) is 5.65 Å². The summed E-state index contributed by atoms with van der Waals surface area (Å²) in [5.74, 6) is 0.507. The van der Waals surface area contributed by atoms with Gasteiger partial charge in [-0.15, -0.1) is 0 Å². The molecule has 21 heavy (non-hydrogen) atoms. The zero-order chi connectivity index (χ0) is 15.0. The highest BCUT2D eigenvalue weighted by Crippen LogP contribution is 2.37. The van der Waals surface area contributed by atoms with Crippen molar-refractivity contribution < 1.29 is 9.53 Å². The molecule has 0 unspecified atom stereocenters. The molecular formula is C14H7BrCl2N2O2. The molecule has 0 spiro atoms. The second-order valence-corrected chi connectivity index (χ2v) is 5.82. The Balaban J connectivity index is 2.10. The fourth-order valence-electron chi connectivity index (χ4n) is 1.86. The number of aldehydes is 1. The zero-order valence-corrected chi connectivity index (χ0v) is 13.5. The molecule has 0 atom stereocenters. The molecule has 4 nitrogen and oxygen atoms in total. The average molecular weight is 386 g/mol. The minimum Gasteiger partial charge on any atom is -0.435 e. The zero-order valence-electron chi connectivity index (χ0n) is 10.4. The molecule has 0 amide bonds. The van der Waals surface area contributed by atoms with E-state index in [4.69, 9.17) is 27.9 Å². The van der Waals surface area contributed by atoms with Crippen LogP contribution in [0.5, 0.6) is 11.6 Å². The Hall–Kier alpha value is -1.56. The van der Waals surface area contributed by atoms with Crippen LogP contribution in [0, 0.1) is 0 Å². The number of rotatable bonds is 3. The van der Waals surface area contributed by atoms with Gasteiger partial charge in [0.2, 0.25) is 5.88 Å². The SMILES string of the molecule is O=Cc1c(Oc2cc(Cl)c(Br)cc2Cl)nc2ccccn12. The van der Waals surface area contributed by atoms with Crippen molar-refractivity contribution in [1.29, 1.82) is 0 Å². The van der Waals surface area contributed by atoms with E-state index < -0.39 is 0 Å². The lowest BCUT2D eigenvalue weighted by Gasteiger charge is -2.07. The number of hydrogen-bond acceptors (Lipinski definition) is 3. The predicted octanol–water partition coefficient (Wildman–Crippen LogP) is 5.01. The molecule has 3 rings (SSSR count). The Bertz CT molecular complexity index is 848. The number of nitrogens with zero attached hydrogens (tertiary/aromatic N) is 2. The van der Waals surface area contributed by atoms with Gasteiger partial charge in [-0.05, 0) is 34.1 Å². The van der Waals surface area contributed by atoms with Crippen molar-refractivity contribution in [2.24, 2.45) is 0 Å². The van der Waals surface area contributed by atoms with E-state index in [1.807, 2.05) is 6.07 Å². The molecule has 2 heterocycles. The lowest BCUT2D eigenvalue weighted by atomic mass is 10.3. The van der Waals surface area contributed by atoms with Crippen LogP contribution in [0.15, 0.2) is 41.0 Å². The first-order valence-corrected chi connectivity index (χ1v) is 7.39. The van der Waals surface area contributed by atoms with Crippen LogP contribution in [0.3, 0.4) is 0 Å². The summed E-state index contributed by atoms with van der Waals surface area (Å²) < 4.78 is 7.95. The van der Waals surface area contributed by atoms with Crippen molar-refractivity contribution in [2.75, 3.05) is 0 Å². The summed E-state index contributed by atoms with van der Waals surface area (Å²) in [6.45, 7) is 0. The van der Waals surface area contributed by atoms with Gasteiger partial charge < -0.3 is 4.74 Å². The minimum atomic E-state index is 0.177. The molecule has 106 valence electrons. The van der Waals surface area contributed by atoms with Gasteiger partial charge in [0.15, 0.2) is 12.0 Å². The van der Waals surface area contributed by atoms with Crippen LogP contribution < -0.4 is 4.74 Å². The average Bonchev–Trinajstić information content (AvgIpc) is 2.81. The highest BCUT2D eigenvalue weighted by molar-refractivity contribution is 9.10. The number of carbonyl (C=O) groups is 1. The van der Waals surface area contributed by atoms with Crippen molar-refractivity contribution in [2.45, 2.75) is 0 Å². The van der Waals surface area contributed by atoms with Crippen molar-refractivity contribution in [3.05, 3.63) is 56.7 Å². The van der Waals surface area contributed by atoms with Gasteiger partial charge in [0, 0.05) is 16.7 Å². The van der Waals surface area contributed by atoms with E-state index >= 15 is 0 Å². The summed E-state index contributed by atoms with van der Waals surface area (Å²) in [5.41, 5.74) is 0.912. The van der Waals surface area contributed by atoms with Gasteiger partial charge in [-0.1, -0.05) is 29.3 Å². The van der Waals surface area contributed by atoms with E-state index in [0.29, 0.717) is 37.9 Å². The molecule has 0 bridgehead atoms. The van der Waals surface area contributed by atoms with E-state index in [-0.39, 0.29) is 5.88 Å². The van der Waals surface area contributed by atoms with Crippen LogP contribution in [0.4, 0.5) is 0 Å². The summed E-state index contributed by atoms with van der Waals surface area (Å²) in [6, 6.07) is 8.58. The summed E-state index contributed by atoms with van der Waals surface area (Å²) in [6.07, 6.45) is 2.42. The topological polar surface area (TPSA) is 43.6 Å². The second kappa shape index (κ2) is 5.67. The Morgan fingerprint density at radius 2 is 2.05 bits per heavy atom. The first-order chi connectivity index (χ1) is 10.1. The number of benzene rings is 1. The van der Waals surface area contributed by atoms with Crippen molar-refractivity contribution in [3.8, 4) is 11.6 Å². The number of aromatic nitrogens is 2. The minimum absolute atomic E-state index is 0.177. The van der Waals surface area contributed by atoms with Gasteiger partial charge >= 0.3 is 0 Å². The smallest absolute Gasteiger partial charge is 0.249 e. The quantitative estimate of drug-likeness (QED) is 0.470. The normalized spacial score (nSPS) is 10.8. The fraction of sp³-hybridized carbons (Fsp3) is 0. The standard InChI is InChI=1S/C14H7BrCl2N2O2/c15-8-5-10(17)12(6-9(8)16)21-14-11(7-20)19-4-2-1-3-13(19)18-14/h1-7H. The van der Waals surface area contributed by atoms with Gasteiger partial charge in [-0.2, -0.15) is 4.98 Å². The van der Waals surface area contributed by atoms with Gasteiger partial charge in [0.25, 0.3) is 0 Å². The van der Waals surface area contributed by atoms with E-state index in [0.717, 1.165) is 0 Å². The Morgan fingerprint density at radius 1 is 1.24 bits per heavy atom. The molecule has 0 radical (unpaired) electrons. The maximum atomic E-state index is 11.3. The number of carbonyl (C=O) groups excluding carboxylic acids is 1. The van der Waals surface area contributed by atoms with E-state index in [9.17, 15) is 4.79 Å². The largest absolute Gasteiger partial charge is 0.435 e. The van der Waals surface area contributed by atoms with Gasteiger partial charge in [-0.25, -0.2) is 0 Å². The van der Waals surface area contributed by atoms with Crippen molar-refractivity contribution >= 4 is 51.1 Å². The Kier molecular flexibility index (Phi) is 3.89. The van der Waals surface area contributed by atoms with Gasteiger partial charge in [0.1, 0.15) is 11.4 Å². The number of pyridine rings is 1. The highest BCUT2D eigenvalue weighted by atomic mass is 79.9. The number of ether oxygens (including phenoxy) is 1. The molecule has 1 aromatic carbocycles. The summed E-state index contributed by atoms with van der Waals surface area (Å²) in [4.78, 5) is 15.6. The summed E-state index contributed by atoms with van der Waals surface area (Å²) >= 11 is 15.4. The number of imidazole rings is 1. The van der Waals surface area contributed by atoms with Crippen LogP contribution in [-0.4, -0.2) is 15.7 Å². The molecule has 0 saturated carbocycles. The third-order valence-corrected chi connectivity index (χ3v) is 4.32. The van der Waals surface area contributed by atoms with Gasteiger partial charge in [-0.3, -0.25) is 9.20 Å². The molecule has 0 aliphatic rings. The lowest BCUT2D eigenvalue weighted by molar-refractivity contribution is 0.111. The monoisotopic (exact) mass is 384 g/mol. The van der Waals surface area contributed by atoms with Crippen LogP contribution in [0.1, 0.15) is 10.5 Å². The summed E-state index contributed by atoms with van der Waals surface area (Å²) in [5, 5.41) is 0.811. The summed E-state index contributed by atoms with van der Waals surface area (Å²) in [7, 11) is 0. The van der Waals surface area contributed by atoms with Crippen molar-refractivity contribution in [1.82, 2.24) is 9.38 Å². The molecule has 0 saturated heterocycles. The van der Waals surface area contributed by atoms with E-state index in [1.54, 1.807) is 34.9 Å². The Labute approximate surface area is 138 Å². The molecular weight excluding hydrogens is 379 g/mol. The number of fused-ring (bicyclic) bond motifs is 1. The van der Waals surface area contributed by atoms with E-state index in [1.165, 1.54) is 0 Å².